The lowest BCUT2D eigenvalue weighted by Crippen LogP contribution is -2.32. The Morgan fingerprint density at radius 3 is 2.58 bits per heavy atom. The average Bonchev–Trinajstić information content (AvgIpc) is 2.32. The van der Waals surface area contributed by atoms with E-state index in [4.69, 9.17) is 10.5 Å². The number of rotatable bonds is 7. The van der Waals surface area contributed by atoms with Gasteiger partial charge in [-0.1, -0.05) is 0 Å². The Balaban J connectivity index is 2.64. The van der Waals surface area contributed by atoms with Crippen molar-refractivity contribution in [2.75, 3.05) is 18.9 Å². The minimum absolute atomic E-state index is 0.275. The molecule has 0 atom stereocenters. The highest BCUT2D eigenvalue weighted by Gasteiger charge is 2.40. The van der Waals surface area contributed by atoms with Crippen molar-refractivity contribution in [3.63, 3.8) is 0 Å². The van der Waals surface area contributed by atoms with E-state index in [2.05, 4.69) is 4.74 Å². The first-order valence-electron chi connectivity index (χ1n) is 5.61. The van der Waals surface area contributed by atoms with Crippen molar-refractivity contribution in [2.45, 2.75) is 25.9 Å². The summed E-state index contributed by atoms with van der Waals surface area (Å²) in [5, 5.41) is 0. The topological polar surface area (TPSA) is 44.5 Å². The van der Waals surface area contributed by atoms with Gasteiger partial charge in [0.25, 0.3) is 0 Å². The van der Waals surface area contributed by atoms with Gasteiger partial charge in [0, 0.05) is 11.3 Å². The molecule has 7 heteroatoms. The SMILES string of the molecule is CCOc1ccc(N)cc1COCC(F)(F)C(F)F. The summed E-state index contributed by atoms with van der Waals surface area (Å²) in [7, 11) is 0. The number of nitrogen functional groups attached to an aromatic ring is 1. The van der Waals surface area contributed by atoms with Gasteiger partial charge in [0.2, 0.25) is 0 Å². The van der Waals surface area contributed by atoms with Crippen LogP contribution in [0, 0.1) is 0 Å². The Morgan fingerprint density at radius 1 is 1.32 bits per heavy atom. The van der Waals surface area contributed by atoms with Crippen LogP contribution in [0.2, 0.25) is 0 Å². The molecule has 1 aromatic rings. The fourth-order valence-corrected chi connectivity index (χ4v) is 1.37. The lowest BCUT2D eigenvalue weighted by Gasteiger charge is -2.16. The van der Waals surface area contributed by atoms with Crippen LogP contribution in [0.5, 0.6) is 5.75 Å². The predicted octanol–water partition coefficient (Wildman–Crippen LogP) is 3.08. The van der Waals surface area contributed by atoms with Gasteiger partial charge in [-0.25, -0.2) is 8.78 Å². The minimum atomic E-state index is -4.16. The minimum Gasteiger partial charge on any atom is -0.494 e. The normalized spacial score (nSPS) is 11.9. The number of nitrogens with two attached hydrogens (primary N) is 1. The van der Waals surface area contributed by atoms with Crippen molar-refractivity contribution >= 4 is 5.69 Å². The molecule has 0 aromatic heterocycles. The summed E-state index contributed by atoms with van der Waals surface area (Å²) in [6.07, 6.45) is -3.75. The van der Waals surface area contributed by atoms with Crippen LogP contribution in [0.25, 0.3) is 0 Å². The maximum atomic E-state index is 12.6. The fourth-order valence-electron chi connectivity index (χ4n) is 1.37. The summed E-state index contributed by atoms with van der Waals surface area (Å²) in [5.74, 6) is -3.73. The van der Waals surface area contributed by atoms with Gasteiger partial charge < -0.3 is 15.2 Å². The molecule has 1 rings (SSSR count). The van der Waals surface area contributed by atoms with Crippen molar-refractivity contribution in [3.05, 3.63) is 23.8 Å². The zero-order valence-corrected chi connectivity index (χ0v) is 10.3. The van der Waals surface area contributed by atoms with Crippen LogP contribution in [-0.2, 0) is 11.3 Å². The third kappa shape index (κ3) is 4.59. The number of ether oxygens (including phenoxy) is 2. The van der Waals surface area contributed by atoms with E-state index >= 15 is 0 Å². The molecule has 0 aliphatic heterocycles. The van der Waals surface area contributed by atoms with E-state index in [1.54, 1.807) is 19.1 Å². The monoisotopic (exact) mass is 281 g/mol. The van der Waals surface area contributed by atoms with E-state index < -0.39 is 19.0 Å². The van der Waals surface area contributed by atoms with Gasteiger partial charge in [0.15, 0.2) is 0 Å². The fraction of sp³-hybridized carbons (Fsp3) is 0.500. The van der Waals surface area contributed by atoms with Gasteiger partial charge in [-0.2, -0.15) is 8.78 Å². The molecule has 0 radical (unpaired) electrons. The molecule has 0 amide bonds. The van der Waals surface area contributed by atoms with E-state index in [0.29, 0.717) is 23.6 Å². The van der Waals surface area contributed by atoms with E-state index in [1.807, 2.05) is 0 Å². The van der Waals surface area contributed by atoms with Gasteiger partial charge >= 0.3 is 12.3 Å². The largest absolute Gasteiger partial charge is 0.494 e. The Kier molecular flexibility index (Phi) is 5.41. The molecular weight excluding hydrogens is 266 g/mol. The Hall–Kier alpha value is -1.50. The quantitative estimate of drug-likeness (QED) is 0.617. The first-order chi connectivity index (χ1) is 8.86. The van der Waals surface area contributed by atoms with Crippen LogP contribution in [0.15, 0.2) is 18.2 Å². The zero-order chi connectivity index (χ0) is 14.5. The summed E-state index contributed by atoms with van der Waals surface area (Å²) in [5.41, 5.74) is 6.39. The molecular formula is C12H15F4NO2. The van der Waals surface area contributed by atoms with E-state index in [0.717, 1.165) is 0 Å². The number of anilines is 1. The van der Waals surface area contributed by atoms with Crippen LogP contribution in [0.4, 0.5) is 23.2 Å². The number of halogens is 4. The molecule has 19 heavy (non-hydrogen) atoms. The molecule has 2 N–H and O–H groups in total. The van der Waals surface area contributed by atoms with Gasteiger partial charge in [0.05, 0.1) is 13.2 Å². The summed E-state index contributed by atoms with van der Waals surface area (Å²) < 4.78 is 59.0. The van der Waals surface area contributed by atoms with Gasteiger partial charge in [0.1, 0.15) is 12.4 Å². The van der Waals surface area contributed by atoms with Crippen LogP contribution in [0.3, 0.4) is 0 Å². The van der Waals surface area contributed by atoms with Gasteiger partial charge in [-0.15, -0.1) is 0 Å². The van der Waals surface area contributed by atoms with Crippen molar-refractivity contribution < 1.29 is 27.0 Å². The van der Waals surface area contributed by atoms with Gasteiger partial charge in [-0.05, 0) is 25.1 Å². The van der Waals surface area contributed by atoms with Crippen molar-refractivity contribution in [1.82, 2.24) is 0 Å². The van der Waals surface area contributed by atoms with E-state index in [-0.39, 0.29) is 6.61 Å². The van der Waals surface area contributed by atoms with Gasteiger partial charge in [-0.3, -0.25) is 0 Å². The smallest absolute Gasteiger partial charge is 0.330 e. The second-order valence-corrected chi connectivity index (χ2v) is 3.85. The summed E-state index contributed by atoms with van der Waals surface area (Å²) in [6.45, 7) is 0.504. The standard InChI is InChI=1S/C12H15F4NO2/c1-2-19-10-4-3-9(17)5-8(10)6-18-7-12(15,16)11(13)14/h3-5,11H,2,6-7,17H2,1H3. The molecule has 0 bridgehead atoms. The Morgan fingerprint density at radius 2 is 2.00 bits per heavy atom. The van der Waals surface area contributed by atoms with E-state index in [1.165, 1.54) is 6.07 Å². The molecule has 0 unspecified atom stereocenters. The van der Waals surface area contributed by atoms with Crippen LogP contribution < -0.4 is 10.5 Å². The highest BCUT2D eigenvalue weighted by Crippen LogP contribution is 2.26. The van der Waals surface area contributed by atoms with Crippen molar-refractivity contribution in [3.8, 4) is 5.75 Å². The molecule has 0 aliphatic carbocycles. The molecule has 3 nitrogen and oxygen atoms in total. The summed E-state index contributed by atoms with van der Waals surface area (Å²) in [6, 6.07) is 4.65. The van der Waals surface area contributed by atoms with Crippen LogP contribution in [0.1, 0.15) is 12.5 Å². The highest BCUT2D eigenvalue weighted by atomic mass is 19.3. The Labute approximate surface area is 108 Å². The molecule has 0 spiro atoms. The summed E-state index contributed by atoms with van der Waals surface area (Å²) >= 11 is 0. The van der Waals surface area contributed by atoms with Crippen LogP contribution in [-0.4, -0.2) is 25.6 Å². The molecule has 0 fully saturated rings. The summed E-state index contributed by atoms with van der Waals surface area (Å²) in [4.78, 5) is 0. The second kappa shape index (κ2) is 6.60. The van der Waals surface area contributed by atoms with Crippen molar-refractivity contribution in [1.29, 1.82) is 0 Å². The number of hydrogen-bond acceptors (Lipinski definition) is 3. The number of alkyl halides is 4. The third-order valence-electron chi connectivity index (χ3n) is 2.26. The lowest BCUT2D eigenvalue weighted by molar-refractivity contribution is -0.168. The number of benzene rings is 1. The molecule has 108 valence electrons. The zero-order valence-electron chi connectivity index (χ0n) is 10.3. The molecule has 1 aromatic carbocycles. The first kappa shape index (κ1) is 15.6. The number of hydrogen-bond donors (Lipinski definition) is 1. The first-order valence-corrected chi connectivity index (χ1v) is 5.61. The molecule has 0 saturated heterocycles. The maximum absolute atomic E-state index is 12.6. The predicted molar refractivity (Wildman–Crippen MR) is 62.6 cm³/mol. The Bertz CT molecular complexity index is 413. The molecule has 0 heterocycles. The highest BCUT2D eigenvalue weighted by molar-refractivity contribution is 5.47. The maximum Gasteiger partial charge on any atom is 0.330 e. The molecule has 0 saturated carbocycles. The van der Waals surface area contributed by atoms with Crippen molar-refractivity contribution in [2.24, 2.45) is 0 Å². The van der Waals surface area contributed by atoms with E-state index in [9.17, 15) is 17.6 Å². The molecule has 0 aliphatic rings. The third-order valence-corrected chi connectivity index (χ3v) is 2.26. The average molecular weight is 281 g/mol. The van der Waals surface area contributed by atoms with Crippen LogP contribution >= 0.6 is 0 Å². The second-order valence-electron chi connectivity index (χ2n) is 3.85. The lowest BCUT2D eigenvalue weighted by atomic mass is 10.2.